The molecule has 143 heavy (non-hydrogen) atoms. The Morgan fingerprint density at radius 3 is 0.951 bits per heavy atom. The predicted octanol–water partition coefficient (Wildman–Crippen LogP) is 38.1. The monoisotopic (exact) mass is 1930 g/mol. The van der Waals surface area contributed by atoms with Crippen LogP contribution in [0.15, 0.2) is 604 Å². The Kier molecular flexibility index (Phi) is 28.3. The van der Waals surface area contributed by atoms with E-state index in [2.05, 4.69) is 449 Å². The average Bonchev–Trinajstić information content (AvgIpc) is 1.60. The summed E-state index contributed by atoms with van der Waals surface area (Å²) in [4.78, 5) is 13.8. The fraction of sp³-hybridized carbons (Fsp3) is 0. The zero-order valence-electron chi connectivity index (χ0n) is 77.9. The number of rotatable bonds is 23. The molecule has 0 atom stereocenters. The van der Waals surface area contributed by atoms with Crippen LogP contribution in [-0.4, -0.2) is 14.5 Å². The van der Waals surface area contributed by atoms with Gasteiger partial charge in [0, 0.05) is 89.2 Å². The molecule has 25 rings (SSSR count). The topological polar surface area (TPSA) is 95.0 Å². The summed E-state index contributed by atoms with van der Waals surface area (Å²) in [5.74, 6) is 5.91. The van der Waals surface area contributed by atoms with Crippen molar-refractivity contribution in [2.45, 2.75) is 0 Å². The normalized spacial score (nSPS) is 10.8. The smallest absolute Gasteiger partial charge is 0.143 e. The first-order valence-electron chi connectivity index (χ1n) is 47.3. The second-order valence-electron chi connectivity index (χ2n) is 33.5. The van der Waals surface area contributed by atoms with Gasteiger partial charge in [-0.15, -0.1) is 11.3 Å². The van der Waals surface area contributed by atoms with Crippen molar-refractivity contribution in [3.63, 3.8) is 0 Å². The first-order valence-corrected chi connectivity index (χ1v) is 49.9. The summed E-state index contributed by atoms with van der Waals surface area (Å²) in [5.41, 5.74) is 22.6. The van der Waals surface area contributed by atoms with Crippen molar-refractivity contribution in [2.24, 2.45) is 0 Å². The maximum absolute atomic E-state index is 5.98. The molecular weight excluding hydrogens is 1840 g/mol. The SMILES string of the molecule is c1ccc(N(c2ccccc2)c2cc(-c3ccco3)cc3ccccc23)cc1.c1ccc(N(c2ccccc2)c2ccc(-c3ccc(-c4ccco4)o3)cc2)cc1.c1ccc(N(c2ccccc2)c2cccc(-c3ccc(-c4ccco4)[se]3)c2)cc1.c1ccc(N(c2ccccc2)c2cccc(-c3ccc(-c4ccco4)s3)c2)cc1.c1ccc(N(c2ccccc2)c2cccc3cc(-c4ccco4)ccc23)cc1. The Morgan fingerprint density at radius 1 is 0.161 bits per heavy atom. The number of furan rings is 6. The molecule has 0 aliphatic carbocycles. The molecule has 0 aliphatic rings. The number of fused-ring (bicyclic) bond motifs is 2. The Morgan fingerprint density at radius 2 is 0.490 bits per heavy atom. The van der Waals surface area contributed by atoms with E-state index in [4.69, 9.17) is 26.5 Å². The molecule has 0 amide bonds. The first kappa shape index (κ1) is 91.1. The minimum atomic E-state index is 0.237. The summed E-state index contributed by atoms with van der Waals surface area (Å²) < 4.78 is 36.4. The minimum absolute atomic E-state index is 0.237. The molecule has 0 saturated carbocycles. The van der Waals surface area contributed by atoms with Crippen LogP contribution in [0, 0.1) is 0 Å². The fourth-order valence-corrected chi connectivity index (χ4v) is 20.6. The van der Waals surface area contributed by atoms with Crippen LogP contribution in [-0.2, 0) is 0 Å². The van der Waals surface area contributed by atoms with Gasteiger partial charge in [0.1, 0.15) is 23.0 Å². The van der Waals surface area contributed by atoms with Crippen LogP contribution in [0.1, 0.15) is 0 Å². The van der Waals surface area contributed by atoms with Crippen LogP contribution in [0.5, 0.6) is 0 Å². The molecule has 0 unspecified atom stereocenters. The average molecular weight is 1930 g/mol. The van der Waals surface area contributed by atoms with Gasteiger partial charge in [-0.2, -0.15) is 0 Å². The number of anilines is 15. The number of hydrogen-bond donors (Lipinski definition) is 0. The van der Waals surface area contributed by atoms with Crippen molar-refractivity contribution in [1.29, 1.82) is 0 Å². The Balaban J connectivity index is 0.000000106. The summed E-state index contributed by atoms with van der Waals surface area (Å²) in [7, 11) is 0. The number of benzene rings is 17. The van der Waals surface area contributed by atoms with E-state index in [9.17, 15) is 0 Å². The van der Waals surface area contributed by atoms with Gasteiger partial charge in [-0.05, 0) is 247 Å². The van der Waals surface area contributed by atoms with Gasteiger partial charge in [-0.3, -0.25) is 0 Å². The van der Waals surface area contributed by atoms with Gasteiger partial charge in [0.15, 0.2) is 11.5 Å². The Bertz CT molecular complexity index is 7820. The summed E-state index contributed by atoms with van der Waals surface area (Å²) in [6.07, 6.45) is 8.53. The van der Waals surface area contributed by atoms with Crippen molar-refractivity contribution < 1.29 is 26.5 Å². The zero-order valence-corrected chi connectivity index (χ0v) is 80.4. The molecule has 13 heteroatoms. The van der Waals surface area contributed by atoms with Crippen molar-refractivity contribution in [3.8, 4) is 86.8 Å². The van der Waals surface area contributed by atoms with Crippen molar-refractivity contribution >= 4 is 133 Å². The predicted molar refractivity (Wildman–Crippen MR) is 593 cm³/mol. The van der Waals surface area contributed by atoms with Crippen molar-refractivity contribution in [2.75, 3.05) is 24.5 Å². The largest absolute Gasteiger partial charge is 0.464 e. The molecule has 688 valence electrons. The molecule has 0 bridgehead atoms. The van der Waals surface area contributed by atoms with E-state index in [1.165, 1.54) is 46.4 Å². The zero-order chi connectivity index (χ0) is 95.9. The van der Waals surface area contributed by atoms with Gasteiger partial charge in [-0.25, -0.2) is 0 Å². The molecule has 8 aromatic heterocycles. The van der Waals surface area contributed by atoms with Crippen LogP contribution in [0.25, 0.3) is 108 Å². The number of nitrogens with zero attached hydrogens (tertiary/aromatic N) is 5. The molecule has 0 aliphatic heterocycles. The molecule has 0 saturated heterocycles. The van der Waals surface area contributed by atoms with Crippen LogP contribution < -0.4 is 24.5 Å². The molecule has 17 aromatic carbocycles. The van der Waals surface area contributed by atoms with Gasteiger partial charge in [0.05, 0.1) is 41.3 Å². The van der Waals surface area contributed by atoms with Crippen LogP contribution in [0.2, 0.25) is 0 Å². The van der Waals surface area contributed by atoms with E-state index >= 15 is 0 Å². The number of hydrogen-bond acceptors (Lipinski definition) is 12. The molecule has 8 heterocycles. The third-order valence-electron chi connectivity index (χ3n) is 24.2. The van der Waals surface area contributed by atoms with Crippen molar-refractivity contribution in [3.05, 3.63) is 577 Å². The molecule has 0 N–H and O–H groups in total. The van der Waals surface area contributed by atoms with Crippen LogP contribution in [0.3, 0.4) is 0 Å². The van der Waals surface area contributed by atoms with E-state index in [0.29, 0.717) is 0 Å². The third-order valence-corrected chi connectivity index (χ3v) is 27.8. The first-order chi connectivity index (χ1) is 70.9. The second kappa shape index (κ2) is 44.4. The molecular formula is C130H95N5O6SSe. The molecule has 0 fully saturated rings. The van der Waals surface area contributed by atoms with E-state index in [0.717, 1.165) is 147 Å². The molecule has 25 aromatic rings. The quantitative estimate of drug-likeness (QED) is 0.0573. The van der Waals surface area contributed by atoms with E-state index in [-0.39, 0.29) is 14.5 Å². The van der Waals surface area contributed by atoms with E-state index in [1.54, 1.807) is 42.7 Å². The van der Waals surface area contributed by atoms with Gasteiger partial charge >= 0.3 is 177 Å². The van der Waals surface area contributed by atoms with E-state index < -0.39 is 0 Å². The van der Waals surface area contributed by atoms with Gasteiger partial charge in [0.25, 0.3) is 0 Å². The Labute approximate surface area is 841 Å². The number of para-hydroxylation sites is 10. The van der Waals surface area contributed by atoms with E-state index in [1.807, 2.05) is 121 Å². The second-order valence-corrected chi connectivity index (χ2v) is 36.8. The summed E-state index contributed by atoms with van der Waals surface area (Å²) in [5, 5.41) is 4.77. The van der Waals surface area contributed by atoms with Gasteiger partial charge < -0.3 is 41.7 Å². The van der Waals surface area contributed by atoms with Crippen LogP contribution in [0.4, 0.5) is 85.3 Å². The molecule has 0 spiro atoms. The molecule has 11 nitrogen and oxygen atoms in total. The van der Waals surface area contributed by atoms with Crippen molar-refractivity contribution in [1.82, 2.24) is 0 Å². The Hall–Kier alpha value is -18.4. The standard InChI is InChI=1S/C26H19NO2.C26H19NOS.C26H19NOSe.2C26H19NO/c1-3-8-21(9-4-1)27(22-10-5-2-6-11-22)23-15-13-20(14-16-23)24-17-18-26(29-24)25-12-7-19-28-25;2*1-3-10-21(11-4-1)27(22-12-5-2-6-13-22)23-14-7-9-20(19-23)25-16-17-26(29-25)24-15-8-18-28-24;1-3-10-22(11-4-1)27(23-12-5-2-6-13-23)25-14-7-9-20-19-21(16-17-24(20)25)26-15-8-18-28-26;1-3-11-22(12-4-1)27(23-13-5-2-6-14-23)25-19-21(26-16-9-17-28-26)18-20-10-7-8-15-24(20)25/h3*1-19H;2*1-19H. The summed E-state index contributed by atoms with van der Waals surface area (Å²) in [6.45, 7) is 0. The van der Waals surface area contributed by atoms with Crippen LogP contribution >= 0.6 is 11.3 Å². The maximum Gasteiger partial charge on any atom is 0.143 e. The van der Waals surface area contributed by atoms with Gasteiger partial charge in [-0.1, -0.05) is 206 Å². The molecule has 0 radical (unpaired) electrons. The minimum Gasteiger partial charge on any atom is -0.464 e. The van der Waals surface area contributed by atoms with Gasteiger partial charge in [0.2, 0.25) is 0 Å². The summed E-state index contributed by atoms with van der Waals surface area (Å²) in [6, 6.07) is 188. The number of thiophene rings is 1. The fourth-order valence-electron chi connectivity index (χ4n) is 17.6. The third kappa shape index (κ3) is 21.5. The maximum atomic E-state index is 5.98. The summed E-state index contributed by atoms with van der Waals surface area (Å²) >= 11 is 1.98.